The highest BCUT2D eigenvalue weighted by Gasteiger charge is 2.22. The van der Waals surface area contributed by atoms with Crippen LogP contribution in [0.3, 0.4) is 0 Å². The fourth-order valence-electron chi connectivity index (χ4n) is 3.37. The average Bonchev–Trinajstić information content (AvgIpc) is 3.14. The molecule has 1 N–H and O–H groups in total. The summed E-state index contributed by atoms with van der Waals surface area (Å²) in [5, 5.41) is 7.85. The third kappa shape index (κ3) is 4.28. The Morgan fingerprint density at radius 3 is 2.79 bits per heavy atom. The second kappa shape index (κ2) is 8.19. The maximum absolute atomic E-state index is 12.3. The molecule has 0 radical (unpaired) electrons. The van der Waals surface area contributed by atoms with Crippen molar-refractivity contribution in [2.24, 2.45) is 5.92 Å². The minimum atomic E-state index is -0.242. The van der Waals surface area contributed by atoms with Gasteiger partial charge in [-0.1, -0.05) is 25.4 Å². The van der Waals surface area contributed by atoms with E-state index in [1.165, 1.54) is 6.08 Å². The summed E-state index contributed by atoms with van der Waals surface area (Å²) < 4.78 is 1.76. The van der Waals surface area contributed by atoms with Gasteiger partial charge in [0.15, 0.2) is 0 Å². The normalized spacial score (nSPS) is 13.4. The van der Waals surface area contributed by atoms with Gasteiger partial charge in [0.2, 0.25) is 11.8 Å². The van der Waals surface area contributed by atoms with Gasteiger partial charge in [-0.15, -0.1) is 0 Å². The molecule has 1 aromatic carbocycles. The standard InChI is InChI=1S/C21H25ClN4O2/c1-13(2)12-26-21(22)18(14(3)24-26)6-8-20(28)23-17-5-7-19-16(11-17)9-10-25(19)15(4)27/h5-8,11,13H,9-10,12H2,1-4H3,(H,23,28)/b8-6+. The lowest BCUT2D eigenvalue weighted by Gasteiger charge is -2.14. The van der Waals surface area contributed by atoms with E-state index in [9.17, 15) is 9.59 Å². The van der Waals surface area contributed by atoms with Gasteiger partial charge in [-0.05, 0) is 49.1 Å². The van der Waals surface area contributed by atoms with Crippen LogP contribution in [0.4, 0.5) is 11.4 Å². The van der Waals surface area contributed by atoms with Gasteiger partial charge in [0.1, 0.15) is 5.15 Å². The zero-order valence-corrected chi connectivity index (χ0v) is 17.4. The minimum Gasteiger partial charge on any atom is -0.323 e. The number of amides is 2. The van der Waals surface area contributed by atoms with Crippen LogP contribution < -0.4 is 10.2 Å². The van der Waals surface area contributed by atoms with E-state index in [0.717, 1.165) is 35.5 Å². The van der Waals surface area contributed by atoms with Crippen molar-refractivity contribution < 1.29 is 9.59 Å². The van der Waals surface area contributed by atoms with Crippen molar-refractivity contribution in [3.8, 4) is 0 Å². The van der Waals surface area contributed by atoms with Crippen LogP contribution in [0.15, 0.2) is 24.3 Å². The van der Waals surface area contributed by atoms with Crippen LogP contribution in [0.1, 0.15) is 37.6 Å². The maximum Gasteiger partial charge on any atom is 0.248 e. The van der Waals surface area contributed by atoms with Crippen LogP contribution in [-0.2, 0) is 22.6 Å². The fourth-order valence-corrected chi connectivity index (χ4v) is 3.68. The van der Waals surface area contributed by atoms with E-state index < -0.39 is 0 Å². The number of anilines is 2. The van der Waals surface area contributed by atoms with E-state index >= 15 is 0 Å². The Kier molecular flexibility index (Phi) is 5.89. The zero-order chi connectivity index (χ0) is 20.4. The highest BCUT2D eigenvalue weighted by Crippen LogP contribution is 2.30. The van der Waals surface area contributed by atoms with E-state index in [0.29, 0.717) is 23.3 Å². The van der Waals surface area contributed by atoms with Crippen molar-refractivity contribution in [1.29, 1.82) is 0 Å². The van der Waals surface area contributed by atoms with Crippen LogP contribution in [0.2, 0.25) is 5.15 Å². The summed E-state index contributed by atoms with van der Waals surface area (Å²) >= 11 is 6.41. The molecule has 0 aliphatic carbocycles. The molecule has 148 valence electrons. The first-order valence-electron chi connectivity index (χ1n) is 9.39. The van der Waals surface area contributed by atoms with Gasteiger partial charge in [-0.3, -0.25) is 14.3 Å². The largest absolute Gasteiger partial charge is 0.323 e. The summed E-state index contributed by atoms with van der Waals surface area (Å²) in [5.74, 6) is 0.216. The molecule has 2 heterocycles. The first-order valence-corrected chi connectivity index (χ1v) is 9.77. The maximum atomic E-state index is 12.3. The minimum absolute atomic E-state index is 0.0312. The molecular weight excluding hydrogens is 376 g/mol. The monoisotopic (exact) mass is 400 g/mol. The van der Waals surface area contributed by atoms with Crippen molar-refractivity contribution in [1.82, 2.24) is 9.78 Å². The zero-order valence-electron chi connectivity index (χ0n) is 16.6. The molecule has 1 aliphatic rings. The van der Waals surface area contributed by atoms with Crippen LogP contribution in [0, 0.1) is 12.8 Å². The number of halogens is 1. The SMILES string of the molecule is CC(=O)N1CCc2cc(NC(=O)/C=C/c3c(C)nn(CC(C)C)c3Cl)ccc21. The quantitative estimate of drug-likeness (QED) is 0.769. The summed E-state index contributed by atoms with van der Waals surface area (Å²) in [4.78, 5) is 25.7. The summed E-state index contributed by atoms with van der Waals surface area (Å²) in [6, 6.07) is 5.60. The number of benzene rings is 1. The number of carbonyl (C=O) groups excluding carboxylic acids is 2. The molecular formula is C21H25ClN4O2. The predicted molar refractivity (Wildman–Crippen MR) is 113 cm³/mol. The van der Waals surface area contributed by atoms with Crippen LogP contribution in [0.5, 0.6) is 0 Å². The van der Waals surface area contributed by atoms with Crippen LogP contribution in [-0.4, -0.2) is 28.1 Å². The van der Waals surface area contributed by atoms with E-state index in [-0.39, 0.29) is 11.8 Å². The Labute approximate surface area is 170 Å². The second-order valence-corrected chi connectivity index (χ2v) is 7.81. The van der Waals surface area contributed by atoms with Gasteiger partial charge < -0.3 is 10.2 Å². The lowest BCUT2D eigenvalue weighted by atomic mass is 10.1. The highest BCUT2D eigenvalue weighted by molar-refractivity contribution is 6.31. The average molecular weight is 401 g/mol. The van der Waals surface area contributed by atoms with E-state index in [4.69, 9.17) is 11.6 Å². The third-order valence-corrected chi connectivity index (χ3v) is 5.07. The Bertz CT molecular complexity index is 946. The molecule has 6 nitrogen and oxygen atoms in total. The highest BCUT2D eigenvalue weighted by atomic mass is 35.5. The van der Waals surface area contributed by atoms with Crippen molar-refractivity contribution in [2.75, 3.05) is 16.8 Å². The molecule has 2 aromatic rings. The molecule has 2 amide bonds. The van der Waals surface area contributed by atoms with Gasteiger partial charge in [-0.2, -0.15) is 5.10 Å². The second-order valence-electron chi connectivity index (χ2n) is 7.45. The van der Waals surface area contributed by atoms with Crippen LogP contribution in [0.25, 0.3) is 6.08 Å². The predicted octanol–water partition coefficient (Wildman–Crippen LogP) is 4.06. The third-order valence-electron chi connectivity index (χ3n) is 4.67. The Morgan fingerprint density at radius 1 is 1.36 bits per heavy atom. The number of nitrogens with one attached hydrogen (secondary N) is 1. The lowest BCUT2D eigenvalue weighted by molar-refractivity contribution is -0.116. The van der Waals surface area contributed by atoms with Crippen molar-refractivity contribution in [3.63, 3.8) is 0 Å². The molecule has 0 fully saturated rings. The molecule has 3 rings (SSSR count). The van der Waals surface area contributed by atoms with Gasteiger partial charge in [0.05, 0.1) is 5.69 Å². The number of rotatable bonds is 5. The van der Waals surface area contributed by atoms with Gasteiger partial charge in [0, 0.05) is 43.0 Å². The van der Waals surface area contributed by atoms with Gasteiger partial charge in [0.25, 0.3) is 0 Å². The number of aromatic nitrogens is 2. The molecule has 7 heteroatoms. The summed E-state index contributed by atoms with van der Waals surface area (Å²) in [5.41, 5.74) is 4.23. The molecule has 0 saturated carbocycles. The van der Waals surface area contributed by atoms with E-state index in [2.05, 4.69) is 24.3 Å². The van der Waals surface area contributed by atoms with Gasteiger partial charge in [-0.25, -0.2) is 0 Å². The molecule has 28 heavy (non-hydrogen) atoms. The van der Waals surface area contributed by atoms with E-state index in [1.807, 2.05) is 25.1 Å². The van der Waals surface area contributed by atoms with Crippen molar-refractivity contribution in [2.45, 2.75) is 40.7 Å². The summed E-state index contributed by atoms with van der Waals surface area (Å²) in [6.45, 7) is 9.05. The first kappa shape index (κ1) is 20.1. The fraction of sp³-hybridized carbons (Fsp3) is 0.381. The lowest BCUT2D eigenvalue weighted by Crippen LogP contribution is -2.25. The van der Waals surface area contributed by atoms with E-state index in [1.54, 1.807) is 22.6 Å². The molecule has 1 aromatic heterocycles. The topological polar surface area (TPSA) is 67.2 Å². The number of aryl methyl sites for hydroxylation is 1. The summed E-state index contributed by atoms with van der Waals surface area (Å²) in [6.07, 6.45) is 3.95. The number of hydrogen-bond acceptors (Lipinski definition) is 3. The molecule has 0 atom stereocenters. The summed E-state index contributed by atoms with van der Waals surface area (Å²) in [7, 11) is 0. The number of carbonyl (C=O) groups is 2. The molecule has 0 unspecified atom stereocenters. The smallest absolute Gasteiger partial charge is 0.248 e. The molecule has 0 saturated heterocycles. The molecule has 0 spiro atoms. The molecule has 1 aliphatic heterocycles. The number of fused-ring (bicyclic) bond motifs is 1. The Balaban J connectivity index is 1.70. The number of nitrogens with zero attached hydrogens (tertiary/aromatic N) is 3. The Morgan fingerprint density at radius 2 is 2.11 bits per heavy atom. The van der Waals surface area contributed by atoms with Gasteiger partial charge >= 0.3 is 0 Å². The van der Waals surface area contributed by atoms with Crippen molar-refractivity contribution in [3.05, 3.63) is 46.2 Å². The van der Waals surface area contributed by atoms with Crippen LogP contribution >= 0.6 is 11.6 Å². The molecule has 0 bridgehead atoms. The Hall–Kier alpha value is -2.60. The first-order chi connectivity index (χ1) is 13.3. The van der Waals surface area contributed by atoms with Crippen molar-refractivity contribution >= 4 is 40.9 Å². The number of hydrogen-bond donors (Lipinski definition) is 1.